The minimum atomic E-state index is -0.106. The Labute approximate surface area is 108 Å². The van der Waals surface area contributed by atoms with Crippen molar-refractivity contribution in [3.05, 3.63) is 28.7 Å². The highest BCUT2D eigenvalue weighted by Crippen LogP contribution is 2.07. The molecule has 0 amide bonds. The molecule has 7 heteroatoms. The Morgan fingerprint density at radius 3 is 2.29 bits per heavy atom. The molecule has 0 fully saturated rings. The van der Waals surface area contributed by atoms with Gasteiger partial charge in [0.2, 0.25) is 0 Å². The number of nitrogens with zero attached hydrogens (tertiary/aromatic N) is 1. The summed E-state index contributed by atoms with van der Waals surface area (Å²) in [7, 11) is 3.17. The van der Waals surface area contributed by atoms with Gasteiger partial charge in [-0.1, -0.05) is 0 Å². The molecular formula is C7H9BBr3NO2. The van der Waals surface area contributed by atoms with Crippen LogP contribution in [0.5, 0.6) is 5.75 Å². The maximum atomic E-state index is 11.0. The van der Waals surface area contributed by atoms with Gasteiger partial charge in [0.1, 0.15) is 0 Å². The van der Waals surface area contributed by atoms with Crippen LogP contribution in [0.3, 0.4) is 0 Å². The lowest BCUT2D eigenvalue weighted by molar-refractivity contribution is 0.405. The lowest BCUT2D eigenvalue weighted by Crippen LogP contribution is -2.16. The molecule has 1 heterocycles. The topological polar surface area (TPSA) is 31.2 Å². The predicted molar refractivity (Wildman–Crippen MR) is 70.8 cm³/mol. The number of pyridine rings is 1. The van der Waals surface area contributed by atoms with E-state index < -0.39 is 0 Å². The fourth-order valence-corrected chi connectivity index (χ4v) is 0.728. The van der Waals surface area contributed by atoms with Crippen LogP contribution in [0.2, 0.25) is 0 Å². The quantitative estimate of drug-likeness (QED) is 0.691. The van der Waals surface area contributed by atoms with Crippen LogP contribution in [0.25, 0.3) is 0 Å². The molecule has 0 unspecified atom stereocenters. The van der Waals surface area contributed by atoms with Crippen LogP contribution in [0.15, 0.2) is 23.1 Å². The Morgan fingerprint density at radius 1 is 1.43 bits per heavy atom. The van der Waals surface area contributed by atoms with Crippen LogP contribution in [0.4, 0.5) is 0 Å². The second-order valence-corrected chi connectivity index (χ2v) is 8.67. The van der Waals surface area contributed by atoms with E-state index in [1.165, 1.54) is 11.7 Å². The second kappa shape index (κ2) is 7.53. The van der Waals surface area contributed by atoms with E-state index in [2.05, 4.69) is 47.3 Å². The maximum Gasteiger partial charge on any atom is 0.369 e. The van der Waals surface area contributed by atoms with Crippen molar-refractivity contribution >= 4 is 50.5 Å². The molecule has 1 rings (SSSR count). The molecule has 78 valence electrons. The smallest absolute Gasteiger partial charge is 0.369 e. The van der Waals surface area contributed by atoms with Crippen molar-refractivity contribution in [2.45, 2.75) is 0 Å². The van der Waals surface area contributed by atoms with Gasteiger partial charge < -0.3 is 9.30 Å². The monoisotopic (exact) mass is 387 g/mol. The Bertz CT molecular complexity index is 326. The van der Waals surface area contributed by atoms with Crippen molar-refractivity contribution in [3.63, 3.8) is 0 Å². The molecule has 1 aromatic rings. The van der Waals surface area contributed by atoms with Gasteiger partial charge in [0.25, 0.3) is 5.56 Å². The summed E-state index contributed by atoms with van der Waals surface area (Å²) >= 11 is 9.31. The third-order valence-corrected chi connectivity index (χ3v) is 1.31. The van der Waals surface area contributed by atoms with Crippen molar-refractivity contribution in [3.8, 4) is 5.75 Å². The third kappa shape index (κ3) is 5.88. The molecule has 0 spiro atoms. The van der Waals surface area contributed by atoms with Crippen LogP contribution in [0.1, 0.15) is 0 Å². The molecule has 0 bridgehead atoms. The zero-order valence-electron chi connectivity index (χ0n) is 7.71. The van der Waals surface area contributed by atoms with Crippen molar-refractivity contribution in [1.29, 1.82) is 0 Å². The first-order valence-corrected chi connectivity index (χ1v) is 6.35. The SMILES string of the molecule is BrB(Br)Br.COc1cccn(C)c1=O. The van der Waals surface area contributed by atoms with Crippen LogP contribution in [0, 0.1) is 0 Å². The Kier molecular flexibility index (Phi) is 7.67. The van der Waals surface area contributed by atoms with Gasteiger partial charge in [0, 0.05) is 13.2 Å². The first kappa shape index (κ1) is 14.3. The van der Waals surface area contributed by atoms with Gasteiger partial charge in [-0.05, 0) is 12.1 Å². The summed E-state index contributed by atoms with van der Waals surface area (Å²) in [5, 5.41) is 0. The molecular weight excluding hydrogens is 381 g/mol. The fourth-order valence-electron chi connectivity index (χ4n) is 0.728. The lowest BCUT2D eigenvalue weighted by atomic mass is 10.4. The lowest BCUT2D eigenvalue weighted by Gasteiger charge is -1.99. The number of aryl methyl sites for hydroxylation is 1. The standard InChI is InChI=1S/C7H9NO2.BBr3/c1-8-5-3-4-6(10-2)7(8)9;2-1(3)4/h3-5H,1-2H3;. The van der Waals surface area contributed by atoms with Gasteiger partial charge in [-0.2, -0.15) is 0 Å². The minimum absolute atomic E-state index is 0.106. The molecule has 0 N–H and O–H groups in total. The highest BCUT2D eigenvalue weighted by Gasteiger charge is 1.96. The summed E-state index contributed by atoms with van der Waals surface area (Å²) in [6.07, 6.45) is 1.69. The number of aromatic nitrogens is 1. The largest absolute Gasteiger partial charge is 0.491 e. The number of ether oxygens (including phenoxy) is 1. The number of halogens is 3. The number of hydrogen-bond acceptors (Lipinski definition) is 2. The van der Waals surface area contributed by atoms with Gasteiger partial charge in [-0.25, -0.2) is 0 Å². The second-order valence-electron chi connectivity index (χ2n) is 2.24. The van der Waals surface area contributed by atoms with E-state index in [0.29, 0.717) is 5.75 Å². The van der Waals surface area contributed by atoms with E-state index in [1.807, 2.05) is 0 Å². The summed E-state index contributed by atoms with van der Waals surface area (Å²) in [6.45, 7) is 0. The Balaban J connectivity index is 0.000000364. The normalized spacial score (nSPS) is 8.64. The van der Waals surface area contributed by atoms with Crippen molar-refractivity contribution < 1.29 is 4.74 Å². The molecule has 0 saturated heterocycles. The fraction of sp³-hybridized carbons (Fsp3) is 0.286. The van der Waals surface area contributed by atoms with Crippen molar-refractivity contribution in [2.24, 2.45) is 7.05 Å². The van der Waals surface area contributed by atoms with Crippen LogP contribution in [-0.4, -0.2) is 14.9 Å². The number of methoxy groups -OCH3 is 1. The zero-order valence-corrected chi connectivity index (χ0v) is 12.5. The summed E-state index contributed by atoms with van der Waals surface area (Å²) in [5.41, 5.74) is -0.106. The maximum absolute atomic E-state index is 11.0. The van der Waals surface area contributed by atoms with Crippen LogP contribution in [-0.2, 0) is 7.05 Å². The average molecular weight is 390 g/mol. The predicted octanol–water partition coefficient (Wildman–Crippen LogP) is 2.55. The number of rotatable bonds is 1. The molecule has 0 aliphatic carbocycles. The Hall–Kier alpha value is 0.255. The minimum Gasteiger partial charge on any atom is -0.491 e. The summed E-state index contributed by atoms with van der Waals surface area (Å²) in [6, 6.07) is 3.41. The van der Waals surface area contributed by atoms with Crippen molar-refractivity contribution in [2.75, 3.05) is 7.11 Å². The molecule has 0 atom stereocenters. The van der Waals surface area contributed by atoms with E-state index >= 15 is 0 Å². The zero-order chi connectivity index (χ0) is 11.1. The van der Waals surface area contributed by atoms with E-state index in [0.717, 1.165) is 0 Å². The van der Waals surface area contributed by atoms with E-state index in [9.17, 15) is 4.79 Å². The Morgan fingerprint density at radius 2 is 1.93 bits per heavy atom. The summed E-state index contributed by atoms with van der Waals surface area (Å²) < 4.78 is 6.53. The van der Waals surface area contributed by atoms with Gasteiger partial charge in [0.15, 0.2) is 5.75 Å². The molecule has 0 aromatic carbocycles. The highest BCUT2D eigenvalue weighted by atomic mass is 79.9. The van der Waals surface area contributed by atoms with Crippen LogP contribution < -0.4 is 10.3 Å². The van der Waals surface area contributed by atoms with Crippen LogP contribution >= 0.6 is 47.3 Å². The molecule has 0 saturated carbocycles. The highest BCUT2D eigenvalue weighted by molar-refractivity contribution is 9.69. The van der Waals surface area contributed by atoms with Gasteiger partial charge in [-0.3, -0.25) is 4.79 Å². The van der Waals surface area contributed by atoms with Gasteiger partial charge >= 0.3 is 3.18 Å². The molecule has 14 heavy (non-hydrogen) atoms. The third-order valence-electron chi connectivity index (χ3n) is 1.31. The summed E-state index contributed by atoms with van der Waals surface area (Å²) in [4.78, 5) is 11.0. The van der Waals surface area contributed by atoms with E-state index in [-0.39, 0.29) is 8.74 Å². The molecule has 0 aliphatic rings. The van der Waals surface area contributed by atoms with Gasteiger partial charge in [-0.15, -0.1) is 47.3 Å². The molecule has 0 radical (unpaired) electrons. The first-order valence-electron chi connectivity index (χ1n) is 3.61. The van der Waals surface area contributed by atoms with Gasteiger partial charge in [0.05, 0.1) is 7.11 Å². The van der Waals surface area contributed by atoms with E-state index in [4.69, 9.17) is 4.74 Å². The molecule has 1 aromatic heterocycles. The van der Waals surface area contributed by atoms with Crippen molar-refractivity contribution in [1.82, 2.24) is 4.57 Å². The van der Waals surface area contributed by atoms with E-state index in [1.54, 1.807) is 25.4 Å². The number of hydrogen-bond donors (Lipinski definition) is 0. The first-order chi connectivity index (χ1) is 6.49. The average Bonchev–Trinajstić information content (AvgIpc) is 2.09. The summed E-state index contributed by atoms with van der Waals surface area (Å²) in [5.74, 6) is 0.380. The molecule has 3 nitrogen and oxygen atoms in total. The molecule has 0 aliphatic heterocycles.